The number of benzene rings is 2. The molecule has 0 spiro atoms. The molecule has 1 N–H and O–H groups in total. The van der Waals surface area contributed by atoms with Crippen molar-refractivity contribution in [2.45, 2.75) is 0 Å². The molecule has 2 aromatic carbocycles. The number of rotatable bonds is 4. The minimum absolute atomic E-state index is 0.0105. The Kier molecular flexibility index (Phi) is 5.12. The van der Waals surface area contributed by atoms with E-state index in [1.54, 1.807) is 0 Å². The molecule has 25 heavy (non-hydrogen) atoms. The average Bonchev–Trinajstić information content (AvgIpc) is 3.03. The van der Waals surface area contributed by atoms with Gasteiger partial charge in [0.2, 0.25) is 0 Å². The third kappa shape index (κ3) is 4.04. The first-order valence-corrected chi connectivity index (χ1v) is 8.96. The van der Waals surface area contributed by atoms with Crippen LogP contribution < -0.4 is 5.32 Å². The van der Waals surface area contributed by atoms with Crippen molar-refractivity contribution < 1.29 is 9.72 Å². The standard InChI is InChI=1S/C16H9BrClN3O3S/c17-10-3-1-9(2-4-10)14-8-25-16(19-14)20-15(22)12-6-5-11(21(23)24)7-13(12)18/h1-8H,(H,19,20,22). The Morgan fingerprint density at radius 3 is 2.60 bits per heavy atom. The lowest BCUT2D eigenvalue weighted by Crippen LogP contribution is -2.12. The zero-order chi connectivity index (χ0) is 18.0. The Bertz CT molecular complexity index is 960. The van der Waals surface area contributed by atoms with Crippen LogP contribution in [0.3, 0.4) is 0 Å². The van der Waals surface area contributed by atoms with Gasteiger partial charge in [0.15, 0.2) is 5.13 Å². The predicted molar refractivity (Wildman–Crippen MR) is 101 cm³/mol. The third-order valence-electron chi connectivity index (χ3n) is 3.27. The molecule has 0 saturated carbocycles. The van der Waals surface area contributed by atoms with Crippen LogP contribution in [0.5, 0.6) is 0 Å². The second kappa shape index (κ2) is 7.30. The smallest absolute Gasteiger partial charge is 0.270 e. The molecule has 0 saturated heterocycles. The lowest BCUT2D eigenvalue weighted by molar-refractivity contribution is -0.384. The summed E-state index contributed by atoms with van der Waals surface area (Å²) in [6.45, 7) is 0. The summed E-state index contributed by atoms with van der Waals surface area (Å²) in [4.78, 5) is 26.8. The summed E-state index contributed by atoms with van der Waals surface area (Å²) in [6, 6.07) is 11.3. The van der Waals surface area contributed by atoms with Crippen molar-refractivity contribution in [1.29, 1.82) is 0 Å². The van der Waals surface area contributed by atoms with Crippen molar-refractivity contribution in [3.63, 3.8) is 0 Å². The van der Waals surface area contributed by atoms with Crippen molar-refractivity contribution >= 4 is 55.6 Å². The van der Waals surface area contributed by atoms with Gasteiger partial charge in [0.1, 0.15) is 0 Å². The van der Waals surface area contributed by atoms with E-state index in [2.05, 4.69) is 26.2 Å². The number of halogens is 2. The van der Waals surface area contributed by atoms with Gasteiger partial charge in [-0.3, -0.25) is 20.2 Å². The Morgan fingerprint density at radius 1 is 1.24 bits per heavy atom. The molecule has 1 heterocycles. The van der Waals surface area contributed by atoms with Crippen LogP contribution in [0.25, 0.3) is 11.3 Å². The van der Waals surface area contributed by atoms with Crippen LogP contribution in [0, 0.1) is 10.1 Å². The number of thiazole rings is 1. The fraction of sp³-hybridized carbons (Fsp3) is 0. The molecule has 1 aromatic heterocycles. The highest BCUT2D eigenvalue weighted by atomic mass is 79.9. The number of nitrogens with one attached hydrogen (secondary N) is 1. The molecule has 3 aromatic rings. The normalized spacial score (nSPS) is 10.5. The molecule has 0 unspecified atom stereocenters. The number of hydrogen-bond donors (Lipinski definition) is 1. The molecular weight excluding hydrogens is 430 g/mol. The molecule has 1 amide bonds. The summed E-state index contributed by atoms with van der Waals surface area (Å²) >= 11 is 10.6. The molecule has 9 heteroatoms. The lowest BCUT2D eigenvalue weighted by atomic mass is 10.2. The third-order valence-corrected chi connectivity index (χ3v) is 4.87. The van der Waals surface area contributed by atoms with Gasteiger partial charge in [0.05, 0.1) is 21.2 Å². The first-order chi connectivity index (χ1) is 11.9. The Labute approximate surface area is 159 Å². The number of carbonyl (C=O) groups excluding carboxylic acids is 1. The van der Waals surface area contributed by atoms with Gasteiger partial charge in [-0.1, -0.05) is 39.7 Å². The number of amides is 1. The van der Waals surface area contributed by atoms with E-state index in [4.69, 9.17) is 11.6 Å². The Hall–Kier alpha value is -2.29. The maximum absolute atomic E-state index is 12.3. The second-order valence-electron chi connectivity index (χ2n) is 4.92. The van der Waals surface area contributed by atoms with Crippen LogP contribution in [-0.4, -0.2) is 15.8 Å². The monoisotopic (exact) mass is 437 g/mol. The number of aromatic nitrogens is 1. The van der Waals surface area contributed by atoms with Crippen molar-refractivity contribution in [3.8, 4) is 11.3 Å². The number of hydrogen-bond acceptors (Lipinski definition) is 5. The highest BCUT2D eigenvalue weighted by Gasteiger charge is 2.16. The zero-order valence-corrected chi connectivity index (χ0v) is 15.6. The minimum Gasteiger partial charge on any atom is -0.298 e. The Balaban J connectivity index is 1.78. The molecule has 3 rings (SSSR count). The van der Waals surface area contributed by atoms with E-state index in [0.29, 0.717) is 5.13 Å². The van der Waals surface area contributed by atoms with Crippen molar-refractivity contribution in [1.82, 2.24) is 4.98 Å². The average molecular weight is 439 g/mol. The molecule has 0 fully saturated rings. The van der Waals surface area contributed by atoms with E-state index < -0.39 is 10.8 Å². The summed E-state index contributed by atoms with van der Waals surface area (Å²) in [6.07, 6.45) is 0. The summed E-state index contributed by atoms with van der Waals surface area (Å²) in [5.74, 6) is -0.475. The van der Waals surface area contributed by atoms with E-state index in [1.165, 1.54) is 23.5 Å². The number of nitrogens with zero attached hydrogens (tertiary/aromatic N) is 2. The van der Waals surface area contributed by atoms with Crippen molar-refractivity contribution in [2.24, 2.45) is 0 Å². The minimum atomic E-state index is -0.571. The van der Waals surface area contributed by atoms with Gasteiger partial charge in [0.25, 0.3) is 11.6 Å². The summed E-state index contributed by atoms with van der Waals surface area (Å²) in [5.41, 5.74) is 1.64. The molecule has 126 valence electrons. The number of carbonyl (C=O) groups is 1. The second-order valence-corrected chi connectivity index (χ2v) is 7.10. The number of anilines is 1. The molecule has 0 aliphatic carbocycles. The highest BCUT2D eigenvalue weighted by molar-refractivity contribution is 9.10. The molecule has 0 aliphatic rings. The summed E-state index contributed by atoms with van der Waals surface area (Å²) < 4.78 is 0.966. The van der Waals surface area contributed by atoms with E-state index in [1.807, 2.05) is 29.6 Å². The SMILES string of the molecule is O=C(Nc1nc(-c2ccc(Br)cc2)cs1)c1ccc([N+](=O)[O-])cc1Cl. The van der Waals surface area contributed by atoms with Crippen LogP contribution in [0.15, 0.2) is 52.3 Å². The first-order valence-electron chi connectivity index (χ1n) is 6.91. The number of non-ortho nitro benzene ring substituents is 1. The fourth-order valence-corrected chi connectivity index (χ4v) is 3.29. The van der Waals surface area contributed by atoms with E-state index in [9.17, 15) is 14.9 Å². The summed E-state index contributed by atoms with van der Waals surface area (Å²) in [7, 11) is 0. The van der Waals surface area contributed by atoms with Crippen molar-refractivity contribution in [2.75, 3.05) is 5.32 Å². The quantitative estimate of drug-likeness (QED) is 0.437. The molecule has 0 atom stereocenters. The van der Waals surface area contributed by atoms with Crippen LogP contribution in [0.4, 0.5) is 10.8 Å². The molecule has 0 aliphatic heterocycles. The van der Waals surface area contributed by atoms with Gasteiger partial charge in [-0.25, -0.2) is 4.98 Å². The Morgan fingerprint density at radius 2 is 1.96 bits per heavy atom. The topological polar surface area (TPSA) is 85.1 Å². The van der Waals surface area contributed by atoms with E-state index >= 15 is 0 Å². The number of nitro groups is 1. The predicted octanol–water partition coefficient (Wildman–Crippen LogP) is 5.39. The van der Waals surface area contributed by atoms with Crippen LogP contribution in [-0.2, 0) is 0 Å². The largest absolute Gasteiger partial charge is 0.298 e. The highest BCUT2D eigenvalue weighted by Crippen LogP contribution is 2.28. The van der Waals surface area contributed by atoms with Crippen LogP contribution in [0.2, 0.25) is 5.02 Å². The molecule has 0 bridgehead atoms. The molecular formula is C16H9BrClN3O3S. The lowest BCUT2D eigenvalue weighted by Gasteiger charge is -2.04. The molecule has 6 nitrogen and oxygen atoms in total. The van der Waals surface area contributed by atoms with E-state index in [0.717, 1.165) is 21.8 Å². The maximum atomic E-state index is 12.3. The maximum Gasteiger partial charge on any atom is 0.270 e. The fourth-order valence-electron chi connectivity index (χ4n) is 2.05. The van der Waals surface area contributed by atoms with Gasteiger partial charge in [-0.2, -0.15) is 0 Å². The first kappa shape index (κ1) is 17.5. The van der Waals surface area contributed by atoms with Gasteiger partial charge >= 0.3 is 0 Å². The molecule has 0 radical (unpaired) electrons. The van der Waals surface area contributed by atoms with Gasteiger partial charge in [-0.15, -0.1) is 11.3 Å². The number of nitro benzene ring substituents is 1. The zero-order valence-electron chi connectivity index (χ0n) is 12.4. The van der Waals surface area contributed by atoms with Crippen molar-refractivity contribution in [3.05, 3.63) is 73.0 Å². The van der Waals surface area contributed by atoms with Crippen LogP contribution in [0.1, 0.15) is 10.4 Å². The van der Waals surface area contributed by atoms with Gasteiger partial charge < -0.3 is 0 Å². The van der Waals surface area contributed by atoms with Gasteiger partial charge in [-0.05, 0) is 18.2 Å². The van der Waals surface area contributed by atoms with E-state index in [-0.39, 0.29) is 16.3 Å². The van der Waals surface area contributed by atoms with Gasteiger partial charge in [0, 0.05) is 27.5 Å². The van der Waals surface area contributed by atoms with Crippen LogP contribution >= 0.6 is 38.9 Å². The summed E-state index contributed by atoms with van der Waals surface area (Å²) in [5, 5.41) is 15.6.